The van der Waals surface area contributed by atoms with E-state index in [2.05, 4.69) is 6.92 Å². The highest BCUT2D eigenvalue weighted by molar-refractivity contribution is 7.86. The molecule has 1 aliphatic carbocycles. The molecule has 1 aliphatic rings. The van der Waals surface area contributed by atoms with Crippen LogP contribution in [0.5, 0.6) is 0 Å². The summed E-state index contributed by atoms with van der Waals surface area (Å²) < 4.78 is 36.4. The number of rotatable bonds is 10. The number of carbonyl (C=O) groups is 1. The van der Waals surface area contributed by atoms with E-state index in [1.54, 1.807) is 0 Å². The van der Waals surface area contributed by atoms with Gasteiger partial charge in [0, 0.05) is 6.42 Å². The second-order valence-corrected chi connectivity index (χ2v) is 7.97. The first kappa shape index (κ1) is 19.4. The first-order chi connectivity index (χ1) is 10.4. The van der Waals surface area contributed by atoms with Crippen LogP contribution in [0.15, 0.2) is 0 Å². The maximum Gasteiger partial charge on any atom is 0.306 e. The molecule has 1 N–H and O–H groups in total. The Bertz CT molecular complexity index is 410. The minimum Gasteiger partial charge on any atom is -0.462 e. The van der Waals surface area contributed by atoms with Crippen LogP contribution in [0.25, 0.3) is 0 Å². The Morgan fingerprint density at radius 2 is 1.55 bits per heavy atom. The highest BCUT2D eigenvalue weighted by Crippen LogP contribution is 2.26. The fourth-order valence-corrected chi connectivity index (χ4v) is 3.79. The normalized spacial score (nSPS) is 22.5. The maximum absolute atomic E-state index is 11.7. The van der Waals surface area contributed by atoms with Crippen molar-refractivity contribution < 1.29 is 22.5 Å². The van der Waals surface area contributed by atoms with Gasteiger partial charge >= 0.3 is 5.97 Å². The molecule has 130 valence electrons. The zero-order chi connectivity index (χ0) is 16.4. The van der Waals surface area contributed by atoms with E-state index in [-0.39, 0.29) is 12.1 Å². The molecule has 5 nitrogen and oxygen atoms in total. The standard InChI is InChI=1S/C16H30O5S/c1-2-3-4-5-6-7-8-9-16(17)21-14-10-12-15(13-11-14)22(18,19)20/h14-15H,2-13H2,1H3,(H,18,19,20). The SMILES string of the molecule is CCCCCCCCCC(=O)OC1CCC(S(=O)(=O)O)CC1. The fourth-order valence-electron chi connectivity index (χ4n) is 2.92. The van der Waals surface area contributed by atoms with Crippen molar-refractivity contribution >= 4 is 16.1 Å². The van der Waals surface area contributed by atoms with Crippen LogP contribution in [-0.2, 0) is 19.6 Å². The van der Waals surface area contributed by atoms with Gasteiger partial charge in [-0.1, -0.05) is 45.4 Å². The fraction of sp³-hybridized carbons (Fsp3) is 0.938. The van der Waals surface area contributed by atoms with Gasteiger partial charge in [0.25, 0.3) is 10.1 Å². The second-order valence-electron chi connectivity index (χ2n) is 6.27. The molecule has 1 fully saturated rings. The average Bonchev–Trinajstić information content (AvgIpc) is 2.46. The molecule has 0 aromatic heterocycles. The number of carbonyl (C=O) groups excluding carboxylic acids is 1. The number of ether oxygens (including phenoxy) is 1. The summed E-state index contributed by atoms with van der Waals surface area (Å²) in [5, 5.41) is -0.689. The van der Waals surface area contributed by atoms with Crippen molar-refractivity contribution in [2.75, 3.05) is 0 Å². The van der Waals surface area contributed by atoms with E-state index in [0.717, 1.165) is 12.8 Å². The van der Waals surface area contributed by atoms with Crippen molar-refractivity contribution in [1.82, 2.24) is 0 Å². The van der Waals surface area contributed by atoms with Crippen molar-refractivity contribution in [1.29, 1.82) is 0 Å². The van der Waals surface area contributed by atoms with E-state index in [1.165, 1.54) is 32.1 Å². The molecule has 0 amide bonds. The van der Waals surface area contributed by atoms with Gasteiger partial charge in [0.2, 0.25) is 0 Å². The van der Waals surface area contributed by atoms with E-state index < -0.39 is 15.4 Å². The Morgan fingerprint density at radius 3 is 2.09 bits per heavy atom. The topological polar surface area (TPSA) is 80.7 Å². The molecule has 0 bridgehead atoms. The molecule has 6 heteroatoms. The van der Waals surface area contributed by atoms with Crippen LogP contribution in [0.4, 0.5) is 0 Å². The van der Waals surface area contributed by atoms with Gasteiger partial charge in [0.1, 0.15) is 6.10 Å². The summed E-state index contributed by atoms with van der Waals surface area (Å²) in [6, 6.07) is 0. The predicted octanol–water partition coefficient (Wildman–Crippen LogP) is 3.87. The molecule has 0 aliphatic heterocycles. The third-order valence-electron chi connectivity index (χ3n) is 4.33. The molecule has 0 atom stereocenters. The molecule has 0 saturated heterocycles. The smallest absolute Gasteiger partial charge is 0.306 e. The minimum absolute atomic E-state index is 0.177. The Kier molecular flexibility index (Phi) is 9.02. The predicted molar refractivity (Wildman–Crippen MR) is 86.3 cm³/mol. The van der Waals surface area contributed by atoms with E-state index >= 15 is 0 Å². The van der Waals surface area contributed by atoms with E-state index in [4.69, 9.17) is 9.29 Å². The van der Waals surface area contributed by atoms with Gasteiger partial charge in [-0.2, -0.15) is 8.42 Å². The summed E-state index contributed by atoms with van der Waals surface area (Å²) in [7, 11) is -3.95. The van der Waals surface area contributed by atoms with Crippen molar-refractivity contribution in [2.24, 2.45) is 0 Å². The number of hydrogen-bond donors (Lipinski definition) is 1. The number of esters is 1. The molecule has 0 spiro atoms. The van der Waals surface area contributed by atoms with Gasteiger partial charge in [-0.05, 0) is 32.1 Å². The number of hydrogen-bond acceptors (Lipinski definition) is 4. The van der Waals surface area contributed by atoms with Crippen LogP contribution in [0.2, 0.25) is 0 Å². The molecule has 0 radical (unpaired) electrons. The van der Waals surface area contributed by atoms with Crippen molar-refractivity contribution in [3.63, 3.8) is 0 Å². The molecule has 0 aromatic rings. The van der Waals surface area contributed by atoms with Crippen LogP contribution < -0.4 is 0 Å². The molecule has 1 saturated carbocycles. The highest BCUT2D eigenvalue weighted by Gasteiger charge is 2.30. The van der Waals surface area contributed by atoms with Crippen LogP contribution in [-0.4, -0.2) is 30.3 Å². The summed E-state index contributed by atoms with van der Waals surface area (Å²) in [4.78, 5) is 11.7. The molecule has 0 aromatic carbocycles. The molecule has 1 rings (SSSR count). The Labute approximate surface area is 134 Å². The van der Waals surface area contributed by atoms with Crippen LogP contribution >= 0.6 is 0 Å². The molecule has 0 unspecified atom stereocenters. The Morgan fingerprint density at radius 1 is 1.00 bits per heavy atom. The molecule has 22 heavy (non-hydrogen) atoms. The Hall–Kier alpha value is -0.620. The zero-order valence-electron chi connectivity index (χ0n) is 13.6. The summed E-state index contributed by atoms with van der Waals surface area (Å²) in [5.74, 6) is -0.177. The third kappa shape index (κ3) is 8.13. The molecular weight excluding hydrogens is 304 g/mol. The lowest BCUT2D eigenvalue weighted by molar-refractivity contribution is -0.150. The lowest BCUT2D eigenvalue weighted by atomic mass is 9.97. The van der Waals surface area contributed by atoms with Gasteiger partial charge in [-0.25, -0.2) is 0 Å². The quantitative estimate of drug-likeness (QED) is 0.372. The summed E-state index contributed by atoms with van der Waals surface area (Å²) in [5.41, 5.74) is 0. The summed E-state index contributed by atoms with van der Waals surface area (Å²) in [6.07, 6.45) is 10.2. The summed E-state index contributed by atoms with van der Waals surface area (Å²) in [6.45, 7) is 2.19. The minimum atomic E-state index is -3.95. The largest absolute Gasteiger partial charge is 0.462 e. The lowest BCUT2D eigenvalue weighted by Gasteiger charge is -2.26. The second kappa shape index (κ2) is 10.2. The Balaban J connectivity index is 2.06. The molecular formula is C16H30O5S. The van der Waals surface area contributed by atoms with Gasteiger partial charge in [-0.15, -0.1) is 0 Å². The van der Waals surface area contributed by atoms with Gasteiger partial charge < -0.3 is 4.74 Å². The van der Waals surface area contributed by atoms with Crippen molar-refractivity contribution in [3.8, 4) is 0 Å². The number of unbranched alkanes of at least 4 members (excludes halogenated alkanes) is 6. The van der Waals surface area contributed by atoms with Gasteiger partial charge in [-0.3, -0.25) is 9.35 Å². The highest BCUT2D eigenvalue weighted by atomic mass is 32.2. The first-order valence-corrected chi connectivity index (χ1v) is 10.1. The van der Waals surface area contributed by atoms with Crippen LogP contribution in [0.3, 0.4) is 0 Å². The van der Waals surface area contributed by atoms with E-state index in [0.29, 0.717) is 32.1 Å². The zero-order valence-corrected chi connectivity index (χ0v) is 14.4. The first-order valence-electron chi connectivity index (χ1n) is 8.59. The van der Waals surface area contributed by atoms with E-state index in [9.17, 15) is 13.2 Å². The van der Waals surface area contributed by atoms with Gasteiger partial charge in [0.05, 0.1) is 5.25 Å². The monoisotopic (exact) mass is 334 g/mol. The molecule has 0 heterocycles. The lowest BCUT2D eigenvalue weighted by Crippen LogP contribution is -2.31. The van der Waals surface area contributed by atoms with Crippen LogP contribution in [0.1, 0.15) is 84.0 Å². The van der Waals surface area contributed by atoms with E-state index in [1.807, 2.05) is 0 Å². The van der Waals surface area contributed by atoms with Crippen molar-refractivity contribution in [2.45, 2.75) is 95.3 Å². The van der Waals surface area contributed by atoms with Crippen molar-refractivity contribution in [3.05, 3.63) is 0 Å². The average molecular weight is 334 g/mol. The summed E-state index contributed by atoms with van der Waals surface area (Å²) >= 11 is 0. The maximum atomic E-state index is 11.7. The van der Waals surface area contributed by atoms with Gasteiger partial charge in [0.15, 0.2) is 0 Å². The van der Waals surface area contributed by atoms with Crippen LogP contribution in [0, 0.1) is 0 Å². The third-order valence-corrected chi connectivity index (χ3v) is 5.64.